The second-order valence-corrected chi connectivity index (χ2v) is 4.96. The highest BCUT2D eigenvalue weighted by Crippen LogP contribution is 2.18. The van der Waals surface area contributed by atoms with E-state index in [0.717, 1.165) is 6.08 Å². The van der Waals surface area contributed by atoms with Crippen LogP contribution in [-0.4, -0.2) is 29.8 Å². The second-order valence-electron chi connectivity index (χ2n) is 3.46. The molecule has 0 bridgehead atoms. The van der Waals surface area contributed by atoms with Crippen molar-refractivity contribution in [2.45, 2.75) is 5.92 Å². The number of allylic oxidation sites excluding steroid dienone is 1. The summed E-state index contributed by atoms with van der Waals surface area (Å²) in [5, 5.41) is 8.51. The summed E-state index contributed by atoms with van der Waals surface area (Å²) >= 11 is 0. The minimum absolute atomic E-state index is 0.541. The summed E-state index contributed by atoms with van der Waals surface area (Å²) in [5.41, 5.74) is 0.627. The van der Waals surface area contributed by atoms with Gasteiger partial charge in [-0.3, -0.25) is 4.55 Å². The minimum atomic E-state index is -4.16. The van der Waals surface area contributed by atoms with E-state index in [-0.39, 0.29) is 0 Å². The number of carbonyl (C=O) groups is 1. The summed E-state index contributed by atoms with van der Waals surface area (Å²) in [4.78, 5) is 10.4. The van der Waals surface area contributed by atoms with Crippen molar-refractivity contribution in [1.29, 1.82) is 0 Å². The van der Waals surface area contributed by atoms with Crippen LogP contribution in [0, 0.1) is 0 Å². The summed E-state index contributed by atoms with van der Waals surface area (Å²) in [6.07, 6.45) is 2.11. The second kappa shape index (κ2) is 5.60. The number of rotatable bonds is 5. The summed E-state index contributed by atoms with van der Waals surface area (Å²) in [5.74, 6) is -2.38. The first-order valence-corrected chi connectivity index (χ1v) is 6.40. The van der Waals surface area contributed by atoms with Gasteiger partial charge in [0.1, 0.15) is 0 Å². The molecule has 1 rings (SSSR count). The Hall–Kier alpha value is -1.66. The SMILES string of the molecule is O=C(O)C=CC(CS(=O)(=O)O)c1ccccc1. The van der Waals surface area contributed by atoms with E-state index in [0.29, 0.717) is 5.56 Å². The van der Waals surface area contributed by atoms with E-state index < -0.39 is 27.8 Å². The molecular formula is C11H12O5S. The molecule has 5 nitrogen and oxygen atoms in total. The molecule has 0 saturated carbocycles. The standard InChI is InChI=1S/C11H12O5S/c12-11(13)7-6-10(8-17(14,15)16)9-4-2-1-3-5-9/h1-7,10H,8H2,(H,12,13)(H,14,15,16). The Morgan fingerprint density at radius 2 is 1.88 bits per heavy atom. The molecule has 17 heavy (non-hydrogen) atoms. The van der Waals surface area contributed by atoms with Crippen molar-refractivity contribution >= 4 is 16.1 Å². The molecule has 0 aliphatic rings. The fourth-order valence-corrected chi connectivity index (χ4v) is 2.15. The highest BCUT2D eigenvalue weighted by atomic mass is 32.2. The minimum Gasteiger partial charge on any atom is -0.478 e. The van der Waals surface area contributed by atoms with Crippen molar-refractivity contribution < 1.29 is 22.9 Å². The molecule has 0 radical (unpaired) electrons. The van der Waals surface area contributed by atoms with E-state index in [1.807, 2.05) is 0 Å². The number of aliphatic carboxylic acids is 1. The average molecular weight is 256 g/mol. The van der Waals surface area contributed by atoms with Crippen molar-refractivity contribution in [2.75, 3.05) is 5.75 Å². The molecule has 0 aliphatic heterocycles. The Labute approximate surface area is 99.2 Å². The normalized spacial score (nSPS) is 13.7. The maximum atomic E-state index is 10.8. The fourth-order valence-electron chi connectivity index (χ4n) is 1.39. The molecule has 1 aromatic carbocycles. The molecule has 1 aromatic rings. The molecule has 0 heterocycles. The van der Waals surface area contributed by atoms with Gasteiger partial charge in [-0.05, 0) is 5.56 Å². The van der Waals surface area contributed by atoms with Crippen molar-refractivity contribution in [2.24, 2.45) is 0 Å². The van der Waals surface area contributed by atoms with Crippen molar-refractivity contribution in [1.82, 2.24) is 0 Å². The fraction of sp³-hybridized carbons (Fsp3) is 0.182. The molecule has 0 fully saturated rings. The van der Waals surface area contributed by atoms with Crippen LogP contribution in [0.4, 0.5) is 0 Å². The zero-order valence-corrected chi connectivity index (χ0v) is 9.67. The van der Waals surface area contributed by atoms with Gasteiger partial charge in [-0.15, -0.1) is 0 Å². The van der Waals surface area contributed by atoms with Gasteiger partial charge in [0.2, 0.25) is 0 Å². The largest absolute Gasteiger partial charge is 0.478 e. The molecule has 6 heteroatoms. The van der Waals surface area contributed by atoms with Crippen LogP contribution in [0.15, 0.2) is 42.5 Å². The number of carboxylic acid groups (broad SMARTS) is 1. The van der Waals surface area contributed by atoms with Crippen LogP contribution in [-0.2, 0) is 14.9 Å². The van der Waals surface area contributed by atoms with Gasteiger partial charge in [0.15, 0.2) is 0 Å². The Balaban J connectivity index is 2.99. The highest BCUT2D eigenvalue weighted by Gasteiger charge is 2.16. The smallest absolute Gasteiger partial charge is 0.327 e. The molecule has 0 amide bonds. The van der Waals surface area contributed by atoms with E-state index in [2.05, 4.69) is 0 Å². The van der Waals surface area contributed by atoms with Crippen molar-refractivity contribution in [3.05, 3.63) is 48.0 Å². The van der Waals surface area contributed by atoms with E-state index in [1.165, 1.54) is 6.08 Å². The lowest BCUT2D eigenvalue weighted by molar-refractivity contribution is -0.131. The predicted octanol–water partition coefficient (Wildman–Crippen LogP) is 1.30. The molecule has 1 atom stereocenters. The third kappa shape index (κ3) is 5.28. The summed E-state index contributed by atoms with van der Waals surface area (Å²) < 4.78 is 30.5. The van der Waals surface area contributed by atoms with E-state index in [4.69, 9.17) is 9.66 Å². The lowest BCUT2D eigenvalue weighted by Gasteiger charge is -2.10. The highest BCUT2D eigenvalue weighted by molar-refractivity contribution is 7.85. The zero-order chi connectivity index (χ0) is 12.9. The Morgan fingerprint density at radius 3 is 2.35 bits per heavy atom. The lowest BCUT2D eigenvalue weighted by Crippen LogP contribution is -2.12. The van der Waals surface area contributed by atoms with Crippen LogP contribution in [0.3, 0.4) is 0 Å². The zero-order valence-electron chi connectivity index (χ0n) is 8.85. The molecule has 0 aromatic heterocycles. The van der Waals surface area contributed by atoms with Crippen molar-refractivity contribution in [3.63, 3.8) is 0 Å². The predicted molar refractivity (Wildman–Crippen MR) is 62.4 cm³/mol. The van der Waals surface area contributed by atoms with Gasteiger partial charge in [0.25, 0.3) is 10.1 Å². The molecule has 2 N–H and O–H groups in total. The number of hydrogen-bond acceptors (Lipinski definition) is 3. The van der Waals surface area contributed by atoms with Crippen LogP contribution >= 0.6 is 0 Å². The summed E-state index contributed by atoms with van der Waals surface area (Å²) in [7, 11) is -4.16. The van der Waals surface area contributed by atoms with Gasteiger partial charge >= 0.3 is 5.97 Å². The first-order valence-electron chi connectivity index (χ1n) is 4.80. The van der Waals surface area contributed by atoms with E-state index in [9.17, 15) is 13.2 Å². The summed E-state index contributed by atoms with van der Waals surface area (Å²) in [6.45, 7) is 0. The number of benzene rings is 1. The topological polar surface area (TPSA) is 91.7 Å². The average Bonchev–Trinajstić information content (AvgIpc) is 2.24. The first kappa shape index (κ1) is 13.4. The molecule has 0 spiro atoms. The van der Waals surface area contributed by atoms with Gasteiger partial charge in [-0.25, -0.2) is 4.79 Å². The maximum absolute atomic E-state index is 10.8. The Morgan fingerprint density at radius 1 is 1.29 bits per heavy atom. The van der Waals surface area contributed by atoms with Gasteiger partial charge in [0, 0.05) is 12.0 Å². The Kier molecular flexibility index (Phi) is 4.42. The summed E-state index contributed by atoms with van der Waals surface area (Å²) in [6, 6.07) is 8.51. The van der Waals surface area contributed by atoms with Gasteiger partial charge < -0.3 is 5.11 Å². The van der Waals surface area contributed by atoms with Crippen LogP contribution in [0.5, 0.6) is 0 Å². The van der Waals surface area contributed by atoms with Crippen molar-refractivity contribution in [3.8, 4) is 0 Å². The molecule has 0 saturated heterocycles. The van der Waals surface area contributed by atoms with Gasteiger partial charge in [0.05, 0.1) is 5.75 Å². The lowest BCUT2D eigenvalue weighted by atomic mass is 10.0. The van der Waals surface area contributed by atoms with Crippen LogP contribution in [0.2, 0.25) is 0 Å². The first-order chi connectivity index (χ1) is 7.88. The van der Waals surface area contributed by atoms with Gasteiger partial charge in [-0.1, -0.05) is 36.4 Å². The van der Waals surface area contributed by atoms with Gasteiger partial charge in [-0.2, -0.15) is 8.42 Å². The quantitative estimate of drug-likeness (QED) is 0.612. The monoisotopic (exact) mass is 256 g/mol. The maximum Gasteiger partial charge on any atom is 0.327 e. The third-order valence-electron chi connectivity index (χ3n) is 2.09. The number of hydrogen-bond donors (Lipinski definition) is 2. The molecule has 0 aliphatic carbocycles. The van der Waals surface area contributed by atoms with E-state index in [1.54, 1.807) is 30.3 Å². The Bertz CT molecular complexity index is 504. The molecular weight excluding hydrogens is 244 g/mol. The van der Waals surface area contributed by atoms with E-state index >= 15 is 0 Å². The van der Waals surface area contributed by atoms with Crippen LogP contribution in [0.25, 0.3) is 0 Å². The molecule has 92 valence electrons. The molecule has 1 unspecified atom stereocenters. The third-order valence-corrected chi connectivity index (χ3v) is 2.87. The van der Waals surface area contributed by atoms with Crippen LogP contribution in [0.1, 0.15) is 11.5 Å². The van der Waals surface area contributed by atoms with Crippen LogP contribution < -0.4 is 0 Å². The number of carboxylic acids is 1.